The third-order valence-electron chi connectivity index (χ3n) is 6.39. The molecule has 0 aliphatic carbocycles. The van der Waals surface area contributed by atoms with E-state index >= 15 is 0 Å². The molecule has 9 heteroatoms. The molecule has 2 amide bonds. The Labute approximate surface area is 233 Å². The van der Waals surface area contributed by atoms with Crippen LogP contribution in [0.3, 0.4) is 0 Å². The molecule has 0 spiro atoms. The van der Waals surface area contributed by atoms with E-state index in [-0.39, 0.29) is 17.9 Å². The van der Waals surface area contributed by atoms with E-state index in [1.807, 2.05) is 26.2 Å². The van der Waals surface area contributed by atoms with Crippen molar-refractivity contribution in [1.82, 2.24) is 4.90 Å². The van der Waals surface area contributed by atoms with Crippen molar-refractivity contribution < 1.29 is 19.1 Å². The maximum Gasteiger partial charge on any atom is 0.258 e. The number of amides is 2. The molecule has 0 aromatic heterocycles. The second-order valence-electron chi connectivity index (χ2n) is 9.31. The van der Waals surface area contributed by atoms with Gasteiger partial charge in [0.2, 0.25) is 0 Å². The number of methoxy groups -OCH3 is 1. The minimum atomic E-state index is -0.369. The monoisotopic (exact) mass is 555 g/mol. The molecule has 0 saturated carbocycles. The molecule has 0 saturated heterocycles. The Hall–Kier alpha value is -3.10. The number of carbonyl (C=O) groups excluding carboxylic acids is 2. The second kappa shape index (κ2) is 12.6. The average molecular weight is 556 g/mol. The molecule has 1 unspecified atom stereocenters. The Morgan fingerprint density at radius 2 is 1.87 bits per heavy atom. The molecule has 3 aromatic carbocycles. The van der Waals surface area contributed by atoms with E-state index in [1.165, 1.54) is 7.11 Å². The van der Waals surface area contributed by atoms with Crippen LogP contribution in [0, 0.1) is 0 Å². The van der Waals surface area contributed by atoms with Crippen LogP contribution in [0.4, 0.5) is 11.4 Å². The Morgan fingerprint density at radius 3 is 2.61 bits per heavy atom. The molecule has 200 valence electrons. The van der Waals surface area contributed by atoms with Gasteiger partial charge in [-0.05, 0) is 75.5 Å². The lowest BCUT2D eigenvalue weighted by Crippen LogP contribution is -2.31. The summed E-state index contributed by atoms with van der Waals surface area (Å²) in [6.45, 7) is 1.92. The van der Waals surface area contributed by atoms with Crippen molar-refractivity contribution in [2.24, 2.45) is 0 Å². The number of benzene rings is 3. The zero-order valence-corrected chi connectivity index (χ0v) is 23.2. The lowest BCUT2D eigenvalue weighted by molar-refractivity contribution is 0.0386. The zero-order chi connectivity index (χ0) is 27.2. The molecule has 7 nitrogen and oxygen atoms in total. The van der Waals surface area contributed by atoms with Crippen LogP contribution in [0.15, 0.2) is 60.7 Å². The van der Waals surface area contributed by atoms with Gasteiger partial charge in [0.25, 0.3) is 11.8 Å². The first-order valence-electron chi connectivity index (χ1n) is 12.4. The highest BCUT2D eigenvalue weighted by molar-refractivity contribution is 6.34. The summed E-state index contributed by atoms with van der Waals surface area (Å²) in [6.07, 6.45) is 1.40. The van der Waals surface area contributed by atoms with Crippen molar-refractivity contribution in [2.45, 2.75) is 18.9 Å². The minimum Gasteiger partial charge on any atom is -0.495 e. The Balaban J connectivity index is 1.59. The van der Waals surface area contributed by atoms with Crippen LogP contribution in [-0.2, 0) is 4.74 Å². The summed E-state index contributed by atoms with van der Waals surface area (Å²) in [4.78, 5) is 30.4. The number of ether oxygens (including phenoxy) is 2. The number of fused-ring (bicyclic) bond motifs is 1. The highest BCUT2D eigenvalue weighted by atomic mass is 35.5. The Morgan fingerprint density at radius 1 is 1.08 bits per heavy atom. The summed E-state index contributed by atoms with van der Waals surface area (Å²) in [5, 5.41) is 3.77. The number of nitrogens with zero attached hydrogens (tertiary/aromatic N) is 2. The van der Waals surface area contributed by atoms with E-state index in [2.05, 4.69) is 10.2 Å². The van der Waals surface area contributed by atoms with Gasteiger partial charge in [0, 0.05) is 34.9 Å². The Bertz CT molecular complexity index is 1310. The summed E-state index contributed by atoms with van der Waals surface area (Å²) in [6, 6.07) is 17.3. The second-order valence-corrected chi connectivity index (χ2v) is 10.2. The number of hydrogen-bond donors (Lipinski definition) is 1. The first kappa shape index (κ1) is 27.9. The fourth-order valence-electron chi connectivity index (χ4n) is 4.42. The van der Waals surface area contributed by atoms with Gasteiger partial charge >= 0.3 is 0 Å². The molecule has 1 atom stereocenters. The predicted molar refractivity (Wildman–Crippen MR) is 152 cm³/mol. The minimum absolute atomic E-state index is 0.154. The molecular formula is C29H31Cl2N3O4. The Kier molecular flexibility index (Phi) is 9.28. The van der Waals surface area contributed by atoms with Crippen LogP contribution < -0.4 is 15.0 Å². The van der Waals surface area contributed by atoms with Gasteiger partial charge in [0.05, 0.1) is 36.1 Å². The SMILES string of the molecule is COc1cc(C(=O)N2CCCC(OCCN(C)C)c3cc(Cl)ccc32)ccc1NC(=O)c1ccccc1Cl. The van der Waals surface area contributed by atoms with Gasteiger partial charge in [0.15, 0.2) is 0 Å². The van der Waals surface area contributed by atoms with Crippen molar-refractivity contribution in [3.05, 3.63) is 87.4 Å². The molecule has 1 N–H and O–H groups in total. The number of carbonyl (C=O) groups is 2. The molecule has 38 heavy (non-hydrogen) atoms. The highest BCUT2D eigenvalue weighted by Gasteiger charge is 2.28. The maximum atomic E-state index is 13.8. The average Bonchev–Trinajstić information content (AvgIpc) is 3.07. The molecule has 3 aromatic rings. The van der Waals surface area contributed by atoms with E-state index < -0.39 is 0 Å². The van der Waals surface area contributed by atoms with Crippen molar-refractivity contribution in [3.63, 3.8) is 0 Å². The standard InChI is InChI=1S/C29H31Cl2N3O4/c1-33(2)15-16-38-26-9-6-14-34(25-13-11-20(30)18-22(25)26)29(36)19-10-12-24(27(17-19)37-3)32-28(35)21-7-4-5-8-23(21)31/h4-5,7-8,10-13,17-18,26H,6,9,14-16H2,1-3H3,(H,32,35). The summed E-state index contributed by atoms with van der Waals surface area (Å²) in [5.74, 6) is -0.177. The smallest absolute Gasteiger partial charge is 0.258 e. The van der Waals surface area contributed by atoms with Gasteiger partial charge in [0.1, 0.15) is 5.75 Å². The summed E-state index contributed by atoms with van der Waals surface area (Å²) < 4.78 is 11.7. The normalized spacial score (nSPS) is 15.1. The van der Waals surface area contributed by atoms with E-state index in [4.69, 9.17) is 32.7 Å². The van der Waals surface area contributed by atoms with Crippen LogP contribution in [0.5, 0.6) is 5.75 Å². The molecule has 1 heterocycles. The van der Waals surface area contributed by atoms with E-state index in [9.17, 15) is 9.59 Å². The predicted octanol–water partition coefficient (Wildman–Crippen LogP) is 6.31. The lowest BCUT2D eigenvalue weighted by Gasteiger charge is -2.25. The van der Waals surface area contributed by atoms with Gasteiger partial charge in [-0.1, -0.05) is 35.3 Å². The van der Waals surface area contributed by atoms with Gasteiger partial charge in [-0.15, -0.1) is 0 Å². The van der Waals surface area contributed by atoms with Gasteiger partial charge < -0.3 is 24.6 Å². The fourth-order valence-corrected chi connectivity index (χ4v) is 4.82. The topological polar surface area (TPSA) is 71.1 Å². The molecule has 1 aliphatic heterocycles. The fraction of sp³-hybridized carbons (Fsp3) is 0.310. The van der Waals surface area contributed by atoms with Gasteiger partial charge in [-0.3, -0.25) is 9.59 Å². The maximum absolute atomic E-state index is 13.8. The van der Waals surface area contributed by atoms with Gasteiger partial charge in [-0.25, -0.2) is 0 Å². The van der Waals surface area contributed by atoms with Crippen LogP contribution >= 0.6 is 23.2 Å². The molecular weight excluding hydrogens is 525 g/mol. The number of rotatable bonds is 8. The van der Waals surface area contributed by atoms with Crippen molar-refractivity contribution in [2.75, 3.05) is 51.1 Å². The summed E-state index contributed by atoms with van der Waals surface area (Å²) >= 11 is 12.5. The van der Waals surface area contributed by atoms with Gasteiger partial charge in [-0.2, -0.15) is 0 Å². The number of likely N-dealkylation sites (N-methyl/N-ethyl adjacent to an activating group) is 1. The number of nitrogens with one attached hydrogen (secondary N) is 1. The quantitative estimate of drug-likeness (QED) is 0.352. The first-order valence-corrected chi connectivity index (χ1v) is 13.2. The van der Waals surface area contributed by atoms with Crippen LogP contribution in [0.2, 0.25) is 10.0 Å². The van der Waals surface area contributed by atoms with Crippen LogP contribution in [-0.4, -0.2) is 57.6 Å². The summed E-state index contributed by atoms with van der Waals surface area (Å²) in [5.41, 5.74) is 2.90. The number of hydrogen-bond acceptors (Lipinski definition) is 5. The van der Waals surface area contributed by atoms with Crippen LogP contribution in [0.1, 0.15) is 45.2 Å². The van der Waals surface area contributed by atoms with Crippen molar-refractivity contribution in [1.29, 1.82) is 0 Å². The highest BCUT2D eigenvalue weighted by Crippen LogP contribution is 2.38. The largest absolute Gasteiger partial charge is 0.495 e. The molecule has 4 rings (SSSR count). The van der Waals surface area contributed by atoms with Crippen LogP contribution in [0.25, 0.3) is 0 Å². The molecule has 0 radical (unpaired) electrons. The van der Waals surface area contributed by atoms with E-state index in [0.29, 0.717) is 45.8 Å². The third-order valence-corrected chi connectivity index (χ3v) is 6.96. The number of halogens is 2. The van der Waals surface area contributed by atoms with E-state index in [0.717, 1.165) is 30.6 Å². The summed E-state index contributed by atoms with van der Waals surface area (Å²) in [7, 11) is 5.50. The third kappa shape index (κ3) is 6.48. The first-order chi connectivity index (χ1) is 18.3. The van der Waals surface area contributed by atoms with E-state index in [1.54, 1.807) is 53.4 Å². The number of anilines is 2. The lowest BCUT2D eigenvalue weighted by atomic mass is 10.0. The molecule has 0 fully saturated rings. The van der Waals surface area contributed by atoms with Crippen molar-refractivity contribution in [3.8, 4) is 5.75 Å². The van der Waals surface area contributed by atoms with Crippen molar-refractivity contribution >= 4 is 46.4 Å². The zero-order valence-electron chi connectivity index (χ0n) is 21.7. The molecule has 0 bridgehead atoms. The molecule has 1 aliphatic rings.